The topological polar surface area (TPSA) is 84.8 Å². The van der Waals surface area contributed by atoms with E-state index in [-0.39, 0.29) is 11.4 Å². The molecule has 7 heteroatoms. The Balaban J connectivity index is 1.49. The second-order valence-electron chi connectivity index (χ2n) is 7.27. The fraction of sp³-hybridized carbons (Fsp3) is 0.0370. The summed E-state index contributed by atoms with van der Waals surface area (Å²) in [5, 5.41) is 10.6. The number of nitrogens with zero attached hydrogens (tertiary/aromatic N) is 2. The van der Waals surface area contributed by atoms with Gasteiger partial charge in [0.15, 0.2) is 11.5 Å². The predicted octanol–water partition coefficient (Wildman–Crippen LogP) is 7.65. The number of hydrogen-bond acceptors (Lipinski definition) is 6. The Morgan fingerprint density at radius 1 is 0.941 bits per heavy atom. The Labute approximate surface area is 200 Å². The minimum Gasteiger partial charge on any atom is -0.488 e. The molecular formula is C27H17ClN2O4. The van der Waals surface area contributed by atoms with Crippen molar-refractivity contribution in [2.45, 2.75) is 6.61 Å². The van der Waals surface area contributed by atoms with Gasteiger partial charge in [-0.3, -0.25) is 0 Å². The lowest BCUT2D eigenvalue weighted by Gasteiger charge is -2.09. The first-order valence-electron chi connectivity index (χ1n) is 10.4. The molecule has 0 radical (unpaired) electrons. The third-order valence-corrected chi connectivity index (χ3v) is 5.27. The van der Waals surface area contributed by atoms with Crippen LogP contribution in [0.1, 0.15) is 16.7 Å². The Hall–Kier alpha value is -4.47. The maximum atomic E-state index is 9.90. The highest BCUT2D eigenvalue weighted by molar-refractivity contribution is 6.30. The van der Waals surface area contributed by atoms with E-state index in [2.05, 4.69) is 11.1 Å². The first-order valence-corrected chi connectivity index (χ1v) is 10.8. The molecule has 0 aliphatic rings. The number of halogens is 1. The Morgan fingerprint density at radius 2 is 1.74 bits per heavy atom. The summed E-state index contributed by atoms with van der Waals surface area (Å²) in [5.41, 5.74) is 2.40. The van der Waals surface area contributed by atoms with Gasteiger partial charge in [0.25, 0.3) is 0 Å². The summed E-state index contributed by atoms with van der Waals surface area (Å²) in [5.74, 6) is 2.10. The van der Waals surface area contributed by atoms with E-state index in [0.29, 0.717) is 40.2 Å². The van der Waals surface area contributed by atoms with Gasteiger partial charge < -0.3 is 18.0 Å². The Bertz CT molecular complexity index is 1480. The van der Waals surface area contributed by atoms with Gasteiger partial charge in [-0.05, 0) is 54.1 Å². The van der Waals surface area contributed by atoms with Gasteiger partial charge in [0.1, 0.15) is 29.7 Å². The van der Waals surface area contributed by atoms with E-state index in [4.69, 9.17) is 29.6 Å². The van der Waals surface area contributed by atoms with E-state index in [1.54, 1.807) is 30.5 Å². The van der Waals surface area contributed by atoms with Gasteiger partial charge in [-0.15, -0.1) is 0 Å². The zero-order valence-corrected chi connectivity index (χ0v) is 18.5. The second kappa shape index (κ2) is 9.57. The van der Waals surface area contributed by atoms with Gasteiger partial charge in [0.2, 0.25) is 5.88 Å². The molecule has 2 aromatic carbocycles. The molecule has 3 aromatic heterocycles. The molecule has 0 N–H and O–H groups in total. The van der Waals surface area contributed by atoms with E-state index in [9.17, 15) is 5.26 Å². The lowest BCUT2D eigenvalue weighted by molar-refractivity contribution is 0.306. The van der Waals surface area contributed by atoms with Gasteiger partial charge in [0, 0.05) is 16.8 Å². The van der Waals surface area contributed by atoms with Gasteiger partial charge in [-0.25, -0.2) is 4.99 Å². The molecule has 0 saturated carbocycles. The largest absolute Gasteiger partial charge is 0.488 e. The minimum atomic E-state index is 0.143. The molecule has 0 aliphatic carbocycles. The number of hydrogen-bond donors (Lipinski definition) is 0. The first kappa shape index (κ1) is 21.4. The normalized spacial score (nSPS) is 11.1. The fourth-order valence-corrected chi connectivity index (χ4v) is 3.70. The highest BCUT2D eigenvalue weighted by Crippen LogP contribution is 2.42. The number of furan rings is 3. The summed E-state index contributed by atoms with van der Waals surface area (Å²) in [6.45, 7) is 0.348. The summed E-state index contributed by atoms with van der Waals surface area (Å²) in [4.78, 5) is 4.48. The SMILES string of the molecule is N#Cc1c(N=Cc2ccccc2OCc2cccc(Cl)c2)oc(-c2ccco2)c1-c1ccco1. The van der Waals surface area contributed by atoms with E-state index < -0.39 is 0 Å². The Morgan fingerprint density at radius 3 is 2.47 bits per heavy atom. The molecule has 0 unspecified atom stereocenters. The van der Waals surface area contributed by atoms with Crippen molar-refractivity contribution < 1.29 is 18.0 Å². The van der Waals surface area contributed by atoms with Crippen molar-refractivity contribution in [2.75, 3.05) is 0 Å². The van der Waals surface area contributed by atoms with Gasteiger partial charge in [-0.1, -0.05) is 35.9 Å². The van der Waals surface area contributed by atoms with Crippen LogP contribution >= 0.6 is 11.6 Å². The van der Waals surface area contributed by atoms with Crippen molar-refractivity contribution in [1.82, 2.24) is 0 Å². The minimum absolute atomic E-state index is 0.143. The third-order valence-electron chi connectivity index (χ3n) is 5.04. The number of benzene rings is 2. The molecule has 0 atom stereocenters. The van der Waals surface area contributed by atoms with Crippen LogP contribution in [0.3, 0.4) is 0 Å². The number of ether oxygens (including phenoxy) is 1. The molecule has 34 heavy (non-hydrogen) atoms. The molecule has 6 nitrogen and oxygen atoms in total. The molecule has 5 aromatic rings. The van der Waals surface area contributed by atoms with Crippen LogP contribution in [0.5, 0.6) is 5.75 Å². The van der Waals surface area contributed by atoms with E-state index in [1.165, 1.54) is 12.5 Å². The number of aliphatic imine (C=N–C) groups is 1. The molecule has 5 rings (SSSR count). The standard InChI is InChI=1S/C27H17ClN2O4/c28-20-8-3-6-18(14-20)17-33-22-9-2-1-7-19(22)16-30-27-21(15-29)25(23-10-4-12-31-23)26(34-27)24-11-5-13-32-24/h1-14,16H,17H2. The quantitative estimate of drug-likeness (QED) is 0.229. The number of nitriles is 1. The highest BCUT2D eigenvalue weighted by Gasteiger charge is 2.26. The fourth-order valence-electron chi connectivity index (χ4n) is 3.49. The zero-order chi connectivity index (χ0) is 23.3. The molecule has 0 amide bonds. The molecule has 0 fully saturated rings. The van der Waals surface area contributed by atoms with Crippen LogP contribution in [-0.2, 0) is 6.61 Å². The molecule has 0 spiro atoms. The van der Waals surface area contributed by atoms with Crippen molar-refractivity contribution in [3.63, 3.8) is 0 Å². The van der Waals surface area contributed by atoms with E-state index >= 15 is 0 Å². The average molecular weight is 469 g/mol. The second-order valence-corrected chi connectivity index (χ2v) is 7.70. The van der Waals surface area contributed by atoms with E-state index in [0.717, 1.165) is 11.1 Å². The monoisotopic (exact) mass is 468 g/mol. The van der Waals surface area contributed by atoms with Crippen molar-refractivity contribution in [1.29, 1.82) is 5.26 Å². The summed E-state index contributed by atoms with van der Waals surface area (Å²) in [6.07, 6.45) is 4.67. The average Bonchev–Trinajstić information content (AvgIpc) is 3.62. The van der Waals surface area contributed by atoms with Crippen LogP contribution < -0.4 is 4.74 Å². The van der Waals surface area contributed by atoms with Crippen LogP contribution in [-0.4, -0.2) is 6.21 Å². The molecule has 3 heterocycles. The van der Waals surface area contributed by atoms with Gasteiger partial charge in [0.05, 0.1) is 18.1 Å². The van der Waals surface area contributed by atoms with Gasteiger partial charge >= 0.3 is 0 Å². The number of para-hydroxylation sites is 1. The van der Waals surface area contributed by atoms with Crippen molar-refractivity contribution in [2.24, 2.45) is 4.99 Å². The lowest BCUT2D eigenvalue weighted by atomic mass is 10.1. The van der Waals surface area contributed by atoms with Crippen molar-refractivity contribution in [3.8, 4) is 34.7 Å². The maximum Gasteiger partial charge on any atom is 0.238 e. The van der Waals surface area contributed by atoms with Crippen LogP contribution in [0, 0.1) is 11.3 Å². The van der Waals surface area contributed by atoms with Crippen LogP contribution in [0.25, 0.3) is 22.8 Å². The van der Waals surface area contributed by atoms with Crippen LogP contribution in [0.2, 0.25) is 5.02 Å². The third kappa shape index (κ3) is 4.38. The lowest BCUT2D eigenvalue weighted by Crippen LogP contribution is -1.98. The summed E-state index contributed by atoms with van der Waals surface area (Å²) in [6, 6.07) is 24.1. The van der Waals surface area contributed by atoms with Crippen molar-refractivity contribution in [3.05, 3.63) is 107 Å². The highest BCUT2D eigenvalue weighted by atomic mass is 35.5. The predicted molar refractivity (Wildman–Crippen MR) is 128 cm³/mol. The Kier molecular flexibility index (Phi) is 6.02. The molecule has 0 saturated heterocycles. The summed E-state index contributed by atoms with van der Waals surface area (Å²) in [7, 11) is 0. The first-order chi connectivity index (χ1) is 16.7. The molecule has 166 valence electrons. The summed E-state index contributed by atoms with van der Waals surface area (Å²) < 4.78 is 23.0. The molecular weight excluding hydrogens is 452 g/mol. The van der Waals surface area contributed by atoms with Crippen LogP contribution in [0.15, 0.2) is 104 Å². The summed E-state index contributed by atoms with van der Waals surface area (Å²) >= 11 is 6.07. The van der Waals surface area contributed by atoms with E-state index in [1.807, 2.05) is 48.5 Å². The van der Waals surface area contributed by atoms with Crippen molar-refractivity contribution >= 4 is 23.7 Å². The molecule has 0 bridgehead atoms. The maximum absolute atomic E-state index is 9.90. The smallest absolute Gasteiger partial charge is 0.238 e. The zero-order valence-electron chi connectivity index (χ0n) is 17.8. The molecule has 0 aliphatic heterocycles. The number of rotatable bonds is 7. The van der Waals surface area contributed by atoms with Gasteiger partial charge in [-0.2, -0.15) is 5.26 Å². The van der Waals surface area contributed by atoms with Crippen LogP contribution in [0.4, 0.5) is 5.88 Å².